The highest BCUT2D eigenvalue weighted by molar-refractivity contribution is 6.14. The number of benzene rings is 9. The lowest BCUT2D eigenvalue weighted by Crippen LogP contribution is -2.44. The molecule has 0 radical (unpaired) electrons. The van der Waals surface area contributed by atoms with Gasteiger partial charge in [0.2, 0.25) is 0 Å². The van der Waals surface area contributed by atoms with Gasteiger partial charge >= 0.3 is 0 Å². The average molecular weight is 722 g/mol. The molecule has 0 N–H and O–H groups in total. The van der Waals surface area contributed by atoms with Gasteiger partial charge in [0.1, 0.15) is 0 Å². The van der Waals surface area contributed by atoms with Crippen molar-refractivity contribution in [3.05, 3.63) is 257 Å². The highest BCUT2D eigenvalue weighted by Gasteiger charge is 2.59. The van der Waals surface area contributed by atoms with Gasteiger partial charge < -0.3 is 4.57 Å². The average Bonchev–Trinajstić information content (AvgIpc) is 3.89. The molecule has 1 aromatic heterocycles. The molecule has 1 heteroatoms. The number of nitrogens with zero attached hydrogens (tertiary/aromatic N) is 1. The van der Waals surface area contributed by atoms with Crippen LogP contribution >= 0.6 is 0 Å². The molecule has 3 aliphatic rings. The zero-order valence-electron chi connectivity index (χ0n) is 31.2. The van der Waals surface area contributed by atoms with Crippen LogP contribution in [0.2, 0.25) is 0 Å². The summed E-state index contributed by atoms with van der Waals surface area (Å²) in [6.07, 6.45) is 0. The maximum Gasteiger partial charge on any atom is 0.0726 e. The van der Waals surface area contributed by atoms with E-state index in [0.717, 1.165) is 5.69 Å². The molecule has 264 valence electrons. The highest BCUT2D eigenvalue weighted by atomic mass is 15.0. The topological polar surface area (TPSA) is 4.93 Å². The predicted molar refractivity (Wildman–Crippen MR) is 234 cm³/mol. The van der Waals surface area contributed by atoms with E-state index < -0.39 is 10.8 Å². The molecular weight excluding hydrogens is 687 g/mol. The van der Waals surface area contributed by atoms with Gasteiger partial charge in [0, 0.05) is 22.0 Å². The summed E-state index contributed by atoms with van der Waals surface area (Å²) in [6, 6.07) is 80.1. The third-order valence-electron chi connectivity index (χ3n) is 13.5. The van der Waals surface area contributed by atoms with E-state index in [1.165, 1.54) is 99.7 Å². The molecule has 0 saturated carbocycles. The smallest absolute Gasteiger partial charge is 0.0726 e. The van der Waals surface area contributed by atoms with Crippen molar-refractivity contribution in [3.63, 3.8) is 0 Å². The Kier molecular flexibility index (Phi) is 6.09. The van der Waals surface area contributed by atoms with Crippen LogP contribution in [0.5, 0.6) is 0 Å². The summed E-state index contributed by atoms with van der Waals surface area (Å²) in [5, 5.41) is 2.52. The largest absolute Gasteiger partial charge is 0.309 e. The second-order valence-electron chi connectivity index (χ2n) is 15.8. The van der Waals surface area contributed by atoms with Crippen LogP contribution in [-0.2, 0) is 10.8 Å². The Balaban J connectivity index is 1.28. The molecule has 0 fully saturated rings. The van der Waals surface area contributed by atoms with E-state index in [9.17, 15) is 0 Å². The van der Waals surface area contributed by atoms with Crippen molar-refractivity contribution in [2.45, 2.75) is 10.8 Å². The third kappa shape index (κ3) is 3.66. The van der Waals surface area contributed by atoms with Gasteiger partial charge in [0.05, 0.1) is 21.9 Å². The fraction of sp³-hybridized carbons (Fsp3) is 0.0357. The number of hydrogen-bond acceptors (Lipinski definition) is 0. The number of para-hydroxylation sites is 3. The minimum atomic E-state index is -0.584. The minimum absolute atomic E-state index is 0.535. The fourth-order valence-corrected chi connectivity index (χ4v) is 11.6. The van der Waals surface area contributed by atoms with Crippen LogP contribution in [0.4, 0.5) is 0 Å². The SMILES string of the molecule is c1ccc(-n2c3ccccc3c3cccc(-c4cccc5c4C4(c6ccccc6-c6ccccc64)c4ccccc4C54c5ccccc5-c5ccccc54)c32)cc1. The Morgan fingerprint density at radius 3 is 1.28 bits per heavy atom. The molecule has 0 unspecified atom stereocenters. The van der Waals surface area contributed by atoms with Crippen molar-refractivity contribution in [1.29, 1.82) is 0 Å². The van der Waals surface area contributed by atoms with Crippen LogP contribution in [0.15, 0.2) is 212 Å². The molecule has 0 saturated heterocycles. The molecule has 0 bridgehead atoms. The van der Waals surface area contributed by atoms with Crippen LogP contribution in [-0.4, -0.2) is 4.57 Å². The normalized spacial score (nSPS) is 14.6. The van der Waals surface area contributed by atoms with Gasteiger partial charge in [-0.1, -0.05) is 194 Å². The molecule has 2 spiro atoms. The zero-order chi connectivity index (χ0) is 37.3. The zero-order valence-corrected chi connectivity index (χ0v) is 31.2. The first-order valence-corrected chi connectivity index (χ1v) is 20.0. The molecule has 1 heterocycles. The number of aromatic nitrogens is 1. The van der Waals surface area contributed by atoms with E-state index in [1.807, 2.05) is 0 Å². The highest BCUT2D eigenvalue weighted by Crippen LogP contribution is 2.68. The first-order valence-electron chi connectivity index (χ1n) is 20.0. The lowest BCUT2D eigenvalue weighted by Gasteiger charge is -2.49. The molecule has 1 nitrogen and oxygen atoms in total. The summed E-state index contributed by atoms with van der Waals surface area (Å²) in [4.78, 5) is 0. The van der Waals surface area contributed by atoms with Gasteiger partial charge in [0.15, 0.2) is 0 Å². The summed E-state index contributed by atoms with van der Waals surface area (Å²) in [7, 11) is 0. The van der Waals surface area contributed by atoms with Crippen LogP contribution in [0.3, 0.4) is 0 Å². The third-order valence-corrected chi connectivity index (χ3v) is 13.5. The standard InChI is InChI=1S/C56H35N/c1-2-18-36(19-3-1)57-52-35-15-8-24-41(52)43-26-16-27-44(54(43)57)42-25-17-34-51-53(42)56(47-30-11-6-22-39(47)40-23-7-12-31-48(40)56)50-33-14-13-32-49(50)55(51)45-28-9-4-20-37(45)38-21-5-10-29-46(38)55/h1-35H. The Labute approximate surface area is 331 Å². The number of rotatable bonds is 2. The Bertz CT molecular complexity index is 3220. The van der Waals surface area contributed by atoms with Crippen LogP contribution in [0.25, 0.3) is 60.9 Å². The molecule has 3 aliphatic carbocycles. The molecule has 0 aliphatic heterocycles. The second kappa shape index (κ2) is 11.2. The van der Waals surface area contributed by atoms with E-state index in [2.05, 4.69) is 217 Å². The summed E-state index contributed by atoms with van der Waals surface area (Å²) >= 11 is 0. The van der Waals surface area contributed by atoms with Gasteiger partial charge in [-0.3, -0.25) is 0 Å². The molecule has 10 aromatic rings. The van der Waals surface area contributed by atoms with Crippen LogP contribution in [0.1, 0.15) is 44.5 Å². The van der Waals surface area contributed by atoms with Gasteiger partial charge in [-0.25, -0.2) is 0 Å². The Morgan fingerprint density at radius 1 is 0.263 bits per heavy atom. The lowest BCUT2D eigenvalue weighted by atomic mass is 9.51. The molecule has 13 rings (SSSR count). The fourth-order valence-electron chi connectivity index (χ4n) is 11.6. The van der Waals surface area contributed by atoms with Crippen LogP contribution in [0, 0.1) is 0 Å². The lowest BCUT2D eigenvalue weighted by molar-refractivity contribution is 0.634. The molecule has 57 heavy (non-hydrogen) atoms. The van der Waals surface area contributed by atoms with E-state index >= 15 is 0 Å². The first kappa shape index (κ1) is 31.0. The Hall–Kier alpha value is -7.22. The van der Waals surface area contributed by atoms with E-state index in [4.69, 9.17) is 0 Å². The van der Waals surface area contributed by atoms with Crippen molar-refractivity contribution in [1.82, 2.24) is 4.57 Å². The molecule has 9 aromatic carbocycles. The van der Waals surface area contributed by atoms with E-state index in [-0.39, 0.29) is 0 Å². The summed E-state index contributed by atoms with van der Waals surface area (Å²) in [5.41, 5.74) is 21.0. The molecular formula is C56H35N. The van der Waals surface area contributed by atoms with Crippen LogP contribution < -0.4 is 0 Å². The van der Waals surface area contributed by atoms with Gasteiger partial charge in [-0.15, -0.1) is 0 Å². The van der Waals surface area contributed by atoms with Crippen molar-refractivity contribution < 1.29 is 0 Å². The van der Waals surface area contributed by atoms with Crippen molar-refractivity contribution >= 4 is 21.8 Å². The Morgan fingerprint density at radius 2 is 0.667 bits per heavy atom. The second-order valence-corrected chi connectivity index (χ2v) is 15.8. The summed E-state index contributed by atoms with van der Waals surface area (Å²) in [6.45, 7) is 0. The van der Waals surface area contributed by atoms with Crippen molar-refractivity contribution in [3.8, 4) is 39.1 Å². The minimum Gasteiger partial charge on any atom is -0.309 e. The monoisotopic (exact) mass is 721 g/mol. The van der Waals surface area contributed by atoms with Gasteiger partial charge in [0.25, 0.3) is 0 Å². The van der Waals surface area contributed by atoms with Gasteiger partial charge in [-0.2, -0.15) is 0 Å². The maximum absolute atomic E-state index is 2.50. The predicted octanol–water partition coefficient (Wildman–Crippen LogP) is 13.5. The van der Waals surface area contributed by atoms with Gasteiger partial charge in [-0.05, 0) is 90.5 Å². The molecule has 0 atom stereocenters. The summed E-state index contributed by atoms with van der Waals surface area (Å²) < 4.78 is 2.50. The van der Waals surface area contributed by atoms with Crippen molar-refractivity contribution in [2.75, 3.05) is 0 Å². The number of fused-ring (bicyclic) bond motifs is 19. The van der Waals surface area contributed by atoms with E-state index in [0.29, 0.717) is 0 Å². The quantitative estimate of drug-likeness (QED) is 0.167. The maximum atomic E-state index is 2.50. The summed E-state index contributed by atoms with van der Waals surface area (Å²) in [5.74, 6) is 0. The first-order chi connectivity index (χ1) is 28.3. The number of hydrogen-bond donors (Lipinski definition) is 0. The van der Waals surface area contributed by atoms with Crippen molar-refractivity contribution in [2.24, 2.45) is 0 Å². The van der Waals surface area contributed by atoms with E-state index in [1.54, 1.807) is 0 Å². The molecule has 0 amide bonds.